The van der Waals surface area contributed by atoms with Crippen molar-refractivity contribution in [2.45, 2.75) is 12.8 Å². The van der Waals surface area contributed by atoms with Crippen molar-refractivity contribution in [1.82, 2.24) is 19.4 Å². The zero-order chi connectivity index (χ0) is 25.4. The molecule has 0 atom stereocenters. The molecular weight excluding hydrogens is 490 g/mol. The number of hydrogen-bond acceptors (Lipinski definition) is 7. The molecule has 184 valence electrons. The number of fused-ring (bicyclic) bond motifs is 1. The van der Waals surface area contributed by atoms with Gasteiger partial charge in [0.25, 0.3) is 0 Å². The first-order valence-corrected chi connectivity index (χ1v) is 12.5. The van der Waals surface area contributed by atoms with Crippen molar-refractivity contribution < 1.29 is 14.7 Å². The van der Waals surface area contributed by atoms with Gasteiger partial charge in [0.2, 0.25) is 11.9 Å². The van der Waals surface area contributed by atoms with Crippen LogP contribution in [0.2, 0.25) is 0 Å². The van der Waals surface area contributed by atoms with Crippen molar-refractivity contribution in [3.05, 3.63) is 72.4 Å². The number of carbonyl (C=O) groups is 2. The van der Waals surface area contributed by atoms with Gasteiger partial charge >= 0.3 is 6.09 Å². The van der Waals surface area contributed by atoms with E-state index in [0.717, 1.165) is 40.6 Å². The summed E-state index contributed by atoms with van der Waals surface area (Å²) < 4.78 is 1.96. The molecular formula is C26H21N7O3S. The maximum Gasteiger partial charge on any atom is 0.409 e. The molecule has 10 nitrogen and oxygen atoms in total. The monoisotopic (exact) mass is 511 g/mol. The summed E-state index contributed by atoms with van der Waals surface area (Å²) in [5, 5.41) is 16.7. The van der Waals surface area contributed by atoms with Gasteiger partial charge in [-0.3, -0.25) is 14.5 Å². The number of carboxylic acid groups (broad SMARTS) is 1. The highest BCUT2D eigenvalue weighted by Crippen LogP contribution is 2.35. The highest BCUT2D eigenvalue weighted by Gasteiger charge is 2.22. The number of imidazole rings is 1. The minimum atomic E-state index is -1.13. The van der Waals surface area contributed by atoms with E-state index >= 15 is 0 Å². The third-order valence-electron chi connectivity index (χ3n) is 6.06. The molecule has 5 aromatic rings. The second-order valence-electron chi connectivity index (χ2n) is 8.46. The Morgan fingerprint density at radius 2 is 1.92 bits per heavy atom. The Morgan fingerprint density at radius 1 is 1.05 bits per heavy atom. The number of benzene rings is 2. The van der Waals surface area contributed by atoms with Crippen LogP contribution in [-0.2, 0) is 4.79 Å². The standard InChI is InChI=1S/C26H21N7O3S/c34-21-5-2-12-32(21)19-8-6-17(7-9-19)28-24-27-11-10-20(30-24)23-22(31-25-33(23)13-14-37-25)16-3-1-4-18(15-16)29-26(35)36/h1,3-4,6-11,13-15,29H,2,5,12H2,(H,35,36)(H,27,28,30). The van der Waals surface area contributed by atoms with E-state index in [1.807, 2.05) is 52.4 Å². The van der Waals surface area contributed by atoms with Crippen LogP contribution in [0.1, 0.15) is 12.8 Å². The topological polar surface area (TPSA) is 125 Å². The van der Waals surface area contributed by atoms with Crippen LogP contribution in [0.15, 0.2) is 72.4 Å². The number of nitrogens with zero attached hydrogens (tertiary/aromatic N) is 5. The van der Waals surface area contributed by atoms with E-state index in [1.165, 1.54) is 11.3 Å². The van der Waals surface area contributed by atoms with Gasteiger partial charge in [-0.15, -0.1) is 11.3 Å². The molecule has 1 aliphatic heterocycles. The van der Waals surface area contributed by atoms with Crippen molar-refractivity contribution in [3.63, 3.8) is 0 Å². The smallest absolute Gasteiger partial charge is 0.409 e. The summed E-state index contributed by atoms with van der Waals surface area (Å²) in [5.74, 6) is 0.567. The molecule has 3 aromatic heterocycles. The molecule has 4 heterocycles. The molecule has 6 rings (SSSR count). The fraction of sp³-hybridized carbons (Fsp3) is 0.115. The van der Waals surface area contributed by atoms with Gasteiger partial charge in [0.05, 0.1) is 11.4 Å². The molecule has 0 aliphatic carbocycles. The first-order valence-electron chi connectivity index (χ1n) is 11.6. The number of aromatic nitrogens is 4. The highest BCUT2D eigenvalue weighted by atomic mass is 32.1. The lowest BCUT2D eigenvalue weighted by Gasteiger charge is -2.16. The quantitative estimate of drug-likeness (QED) is 0.276. The number of anilines is 4. The fourth-order valence-corrected chi connectivity index (χ4v) is 5.14. The predicted molar refractivity (Wildman–Crippen MR) is 142 cm³/mol. The SMILES string of the molecule is O=C(O)Nc1cccc(-c2nc3sccn3c2-c2ccnc(Nc3ccc(N4CCCC4=O)cc3)n2)c1. The molecule has 2 amide bonds. The van der Waals surface area contributed by atoms with E-state index in [-0.39, 0.29) is 5.91 Å². The van der Waals surface area contributed by atoms with Crippen LogP contribution < -0.4 is 15.5 Å². The summed E-state index contributed by atoms with van der Waals surface area (Å²) in [7, 11) is 0. The van der Waals surface area contributed by atoms with Gasteiger partial charge in [-0.25, -0.2) is 19.7 Å². The van der Waals surface area contributed by atoms with Gasteiger partial charge in [-0.05, 0) is 48.9 Å². The molecule has 0 saturated carbocycles. The van der Waals surface area contributed by atoms with Crippen LogP contribution in [-0.4, -0.2) is 43.0 Å². The average molecular weight is 512 g/mol. The largest absolute Gasteiger partial charge is 0.465 e. The molecule has 1 fully saturated rings. The van der Waals surface area contributed by atoms with Gasteiger partial charge in [0.1, 0.15) is 5.69 Å². The number of rotatable bonds is 6. The maximum absolute atomic E-state index is 12.0. The van der Waals surface area contributed by atoms with E-state index in [2.05, 4.69) is 15.6 Å². The fourth-order valence-electron chi connectivity index (χ4n) is 4.43. The number of amides is 2. The third kappa shape index (κ3) is 4.47. The average Bonchev–Trinajstić information content (AvgIpc) is 3.61. The van der Waals surface area contributed by atoms with Crippen molar-refractivity contribution in [2.24, 2.45) is 0 Å². The number of carbonyl (C=O) groups excluding carboxylic acids is 1. The number of nitrogens with one attached hydrogen (secondary N) is 2. The van der Waals surface area contributed by atoms with Crippen LogP contribution in [0, 0.1) is 0 Å². The van der Waals surface area contributed by atoms with Gasteiger partial charge in [0.15, 0.2) is 4.96 Å². The minimum Gasteiger partial charge on any atom is -0.465 e. The highest BCUT2D eigenvalue weighted by molar-refractivity contribution is 7.15. The van der Waals surface area contributed by atoms with Gasteiger partial charge in [-0.2, -0.15) is 0 Å². The van der Waals surface area contributed by atoms with Crippen molar-refractivity contribution in [2.75, 3.05) is 22.1 Å². The number of thiazole rings is 1. The first kappa shape index (κ1) is 22.7. The second-order valence-corrected chi connectivity index (χ2v) is 9.33. The van der Waals surface area contributed by atoms with Crippen molar-refractivity contribution in [1.29, 1.82) is 0 Å². The zero-order valence-electron chi connectivity index (χ0n) is 19.5. The molecule has 1 aliphatic rings. The lowest BCUT2D eigenvalue weighted by molar-refractivity contribution is -0.117. The Hall–Kier alpha value is -4.77. The van der Waals surface area contributed by atoms with E-state index in [0.29, 0.717) is 29.4 Å². The summed E-state index contributed by atoms with van der Waals surface area (Å²) in [6.07, 6.45) is 3.95. The van der Waals surface area contributed by atoms with Crippen LogP contribution in [0.25, 0.3) is 27.6 Å². The Balaban J connectivity index is 1.33. The molecule has 37 heavy (non-hydrogen) atoms. The predicted octanol–water partition coefficient (Wildman–Crippen LogP) is 5.48. The van der Waals surface area contributed by atoms with Crippen LogP contribution in [0.4, 0.5) is 27.8 Å². The Kier molecular flexibility index (Phi) is 5.73. The summed E-state index contributed by atoms with van der Waals surface area (Å²) in [5.41, 5.74) is 5.02. The normalized spacial score (nSPS) is 13.3. The second kappa shape index (κ2) is 9.36. The summed E-state index contributed by atoms with van der Waals surface area (Å²) >= 11 is 1.50. The van der Waals surface area contributed by atoms with Crippen molar-refractivity contribution >= 4 is 51.3 Å². The van der Waals surface area contributed by atoms with Crippen molar-refractivity contribution in [3.8, 4) is 22.6 Å². The Morgan fingerprint density at radius 3 is 2.70 bits per heavy atom. The van der Waals surface area contributed by atoms with E-state index in [9.17, 15) is 9.59 Å². The zero-order valence-corrected chi connectivity index (χ0v) is 20.3. The Bertz CT molecular complexity index is 1630. The lowest BCUT2D eigenvalue weighted by Crippen LogP contribution is -2.23. The molecule has 1 saturated heterocycles. The van der Waals surface area contributed by atoms with Gasteiger partial charge in [-0.1, -0.05) is 12.1 Å². The summed E-state index contributed by atoms with van der Waals surface area (Å²) in [6, 6.07) is 16.6. The third-order valence-corrected chi connectivity index (χ3v) is 6.81. The van der Waals surface area contributed by atoms with Gasteiger partial charge in [0, 0.05) is 53.4 Å². The van der Waals surface area contributed by atoms with E-state index in [4.69, 9.17) is 15.1 Å². The molecule has 0 spiro atoms. The molecule has 2 aromatic carbocycles. The van der Waals surface area contributed by atoms with E-state index < -0.39 is 6.09 Å². The Labute approximate surface area is 215 Å². The molecule has 11 heteroatoms. The van der Waals surface area contributed by atoms with Crippen LogP contribution >= 0.6 is 11.3 Å². The molecule has 0 bridgehead atoms. The number of hydrogen-bond donors (Lipinski definition) is 3. The minimum absolute atomic E-state index is 0.150. The van der Waals surface area contributed by atoms with Gasteiger partial charge < -0.3 is 15.3 Å². The van der Waals surface area contributed by atoms with Crippen LogP contribution in [0.3, 0.4) is 0 Å². The first-order chi connectivity index (χ1) is 18.0. The van der Waals surface area contributed by atoms with Crippen LogP contribution in [0.5, 0.6) is 0 Å². The summed E-state index contributed by atoms with van der Waals surface area (Å²) in [4.78, 5) is 39.7. The maximum atomic E-state index is 12.0. The molecule has 0 radical (unpaired) electrons. The molecule has 3 N–H and O–H groups in total. The van der Waals surface area contributed by atoms with E-state index in [1.54, 1.807) is 29.3 Å². The summed E-state index contributed by atoms with van der Waals surface area (Å²) in [6.45, 7) is 0.747. The molecule has 0 unspecified atom stereocenters. The lowest BCUT2D eigenvalue weighted by atomic mass is 10.1.